The van der Waals surface area contributed by atoms with Gasteiger partial charge in [-0.3, -0.25) is 9.59 Å². The monoisotopic (exact) mass is 590 g/mol. The molecular formula is C35H30N2O7. The van der Waals surface area contributed by atoms with Crippen LogP contribution in [0.4, 0.5) is 4.79 Å². The van der Waals surface area contributed by atoms with Crippen molar-refractivity contribution in [1.29, 1.82) is 0 Å². The van der Waals surface area contributed by atoms with E-state index in [-0.39, 0.29) is 31.8 Å². The lowest BCUT2D eigenvalue weighted by Gasteiger charge is -2.21. The zero-order chi connectivity index (χ0) is 30.5. The first-order chi connectivity index (χ1) is 21.5. The second-order valence-corrected chi connectivity index (χ2v) is 10.6. The number of amides is 3. The largest absolute Gasteiger partial charge is 0.489 e. The minimum absolute atomic E-state index is 0.0260. The SMILES string of the molecule is O=C(N[C@@H](Cc1ccc(OCc2ccccc2)cc1)C(=O)ON1C(=O)CCC1=O)OCC1c2ccccc2-c2ccccc21. The molecule has 0 saturated carbocycles. The van der Waals surface area contributed by atoms with E-state index >= 15 is 0 Å². The predicted octanol–water partition coefficient (Wildman–Crippen LogP) is 5.32. The number of hydrogen-bond acceptors (Lipinski definition) is 7. The van der Waals surface area contributed by atoms with Gasteiger partial charge in [-0.2, -0.15) is 0 Å². The van der Waals surface area contributed by atoms with Crippen LogP contribution in [-0.2, 0) is 37.0 Å². The Kier molecular flexibility index (Phi) is 8.36. The summed E-state index contributed by atoms with van der Waals surface area (Å²) >= 11 is 0. The van der Waals surface area contributed by atoms with E-state index in [2.05, 4.69) is 5.32 Å². The zero-order valence-electron chi connectivity index (χ0n) is 23.8. The van der Waals surface area contributed by atoms with Crippen molar-refractivity contribution in [3.8, 4) is 16.9 Å². The van der Waals surface area contributed by atoms with Crippen LogP contribution in [0.25, 0.3) is 11.1 Å². The highest BCUT2D eigenvalue weighted by Crippen LogP contribution is 2.44. The van der Waals surface area contributed by atoms with Crippen LogP contribution in [0.5, 0.6) is 5.75 Å². The first kappa shape index (κ1) is 28.7. The number of hydroxylamine groups is 2. The van der Waals surface area contributed by atoms with E-state index in [0.717, 1.165) is 27.8 Å². The molecule has 1 fully saturated rings. The molecule has 1 heterocycles. The fraction of sp³-hybridized carbons (Fsp3) is 0.200. The number of carbonyl (C=O) groups excluding carboxylic acids is 4. The third kappa shape index (κ3) is 6.32. The van der Waals surface area contributed by atoms with E-state index in [0.29, 0.717) is 23.0 Å². The van der Waals surface area contributed by atoms with Gasteiger partial charge in [0.2, 0.25) is 0 Å². The number of alkyl carbamates (subject to hydrolysis) is 1. The number of hydrogen-bond donors (Lipinski definition) is 1. The summed E-state index contributed by atoms with van der Waals surface area (Å²) in [7, 11) is 0. The van der Waals surface area contributed by atoms with Gasteiger partial charge in [0.1, 0.15) is 25.0 Å². The molecule has 1 aliphatic heterocycles. The first-order valence-corrected chi connectivity index (χ1v) is 14.4. The third-order valence-corrected chi connectivity index (χ3v) is 7.72. The Morgan fingerprint density at radius 2 is 1.34 bits per heavy atom. The van der Waals surface area contributed by atoms with Gasteiger partial charge >= 0.3 is 12.1 Å². The van der Waals surface area contributed by atoms with Crippen LogP contribution < -0.4 is 10.1 Å². The summed E-state index contributed by atoms with van der Waals surface area (Å²) in [5.74, 6) is -1.70. The summed E-state index contributed by atoms with van der Waals surface area (Å²) in [6.07, 6.45) is -0.879. The molecule has 1 atom stereocenters. The summed E-state index contributed by atoms with van der Waals surface area (Å²) in [6, 6.07) is 31.5. The molecule has 0 unspecified atom stereocenters. The molecule has 9 nitrogen and oxygen atoms in total. The van der Waals surface area contributed by atoms with E-state index in [4.69, 9.17) is 14.3 Å². The topological polar surface area (TPSA) is 111 Å². The number of fused-ring (bicyclic) bond motifs is 3. The molecule has 4 aromatic rings. The van der Waals surface area contributed by atoms with Gasteiger partial charge in [0.05, 0.1) is 0 Å². The maximum atomic E-state index is 13.2. The highest BCUT2D eigenvalue weighted by molar-refractivity contribution is 6.02. The van der Waals surface area contributed by atoms with Crippen molar-refractivity contribution in [3.63, 3.8) is 0 Å². The molecule has 3 amide bonds. The fourth-order valence-corrected chi connectivity index (χ4v) is 5.49. The number of carbonyl (C=O) groups is 4. The fourth-order valence-electron chi connectivity index (χ4n) is 5.49. The van der Waals surface area contributed by atoms with Crippen LogP contribution in [0.2, 0.25) is 0 Å². The Balaban J connectivity index is 1.13. The average molecular weight is 591 g/mol. The Bertz CT molecular complexity index is 1630. The van der Waals surface area contributed by atoms with E-state index < -0.39 is 29.9 Å². The first-order valence-electron chi connectivity index (χ1n) is 14.4. The summed E-state index contributed by atoms with van der Waals surface area (Å²) in [5.41, 5.74) is 6.01. The van der Waals surface area contributed by atoms with Crippen LogP contribution in [0.3, 0.4) is 0 Å². The van der Waals surface area contributed by atoms with Crippen molar-refractivity contribution in [3.05, 3.63) is 125 Å². The van der Waals surface area contributed by atoms with Crippen molar-refractivity contribution < 1.29 is 33.5 Å². The molecule has 6 rings (SSSR count). The Morgan fingerprint density at radius 1 is 0.750 bits per heavy atom. The van der Waals surface area contributed by atoms with Gasteiger partial charge in [0.25, 0.3) is 11.8 Å². The second-order valence-electron chi connectivity index (χ2n) is 10.6. The van der Waals surface area contributed by atoms with Crippen molar-refractivity contribution in [2.24, 2.45) is 0 Å². The normalized spacial score (nSPS) is 14.5. The molecule has 0 spiro atoms. The molecule has 1 N–H and O–H groups in total. The molecule has 1 saturated heterocycles. The molecule has 44 heavy (non-hydrogen) atoms. The van der Waals surface area contributed by atoms with Crippen molar-refractivity contribution in [2.45, 2.75) is 37.8 Å². The molecule has 2 aliphatic rings. The lowest BCUT2D eigenvalue weighted by Crippen LogP contribution is -2.46. The van der Waals surface area contributed by atoms with Gasteiger partial charge in [-0.25, -0.2) is 9.59 Å². The standard InChI is InChI=1S/C35H30N2O7/c38-32-18-19-33(39)37(32)44-34(40)31(20-23-14-16-25(17-15-23)42-21-24-8-2-1-3-9-24)36-35(41)43-22-30-28-12-6-4-10-26(28)27-11-5-7-13-29(27)30/h1-17,30-31H,18-22H2,(H,36,41)/t31-/m0/s1. The molecule has 9 heteroatoms. The zero-order valence-corrected chi connectivity index (χ0v) is 23.8. The Hall–Kier alpha value is -5.44. The van der Waals surface area contributed by atoms with E-state index in [1.807, 2.05) is 78.9 Å². The van der Waals surface area contributed by atoms with Crippen molar-refractivity contribution >= 4 is 23.9 Å². The quantitative estimate of drug-likeness (QED) is 0.249. The van der Waals surface area contributed by atoms with Gasteiger partial charge in [-0.15, -0.1) is 5.06 Å². The average Bonchev–Trinajstić information content (AvgIpc) is 3.55. The van der Waals surface area contributed by atoms with Crippen LogP contribution >= 0.6 is 0 Å². The summed E-state index contributed by atoms with van der Waals surface area (Å²) < 4.78 is 11.5. The van der Waals surface area contributed by atoms with Crippen LogP contribution in [0.15, 0.2) is 103 Å². The number of nitrogens with one attached hydrogen (secondary N) is 1. The van der Waals surface area contributed by atoms with E-state index in [1.165, 1.54) is 0 Å². The smallest absolute Gasteiger partial charge is 0.407 e. The lowest BCUT2D eigenvalue weighted by molar-refractivity contribution is -0.198. The maximum Gasteiger partial charge on any atom is 0.407 e. The molecule has 0 aromatic heterocycles. The lowest BCUT2D eigenvalue weighted by atomic mass is 9.98. The number of nitrogens with zero attached hydrogens (tertiary/aromatic N) is 1. The number of benzene rings is 4. The highest BCUT2D eigenvalue weighted by Gasteiger charge is 2.36. The second kappa shape index (κ2) is 12.8. The Labute approximate surface area is 254 Å². The van der Waals surface area contributed by atoms with Crippen LogP contribution in [-0.4, -0.2) is 41.6 Å². The van der Waals surface area contributed by atoms with Gasteiger partial charge in [0, 0.05) is 25.2 Å². The van der Waals surface area contributed by atoms with Gasteiger partial charge in [-0.1, -0.05) is 91.0 Å². The van der Waals surface area contributed by atoms with Crippen LogP contribution in [0, 0.1) is 0 Å². The maximum absolute atomic E-state index is 13.2. The molecule has 222 valence electrons. The summed E-state index contributed by atoms with van der Waals surface area (Å²) in [6.45, 7) is 0.453. The molecular weight excluding hydrogens is 560 g/mol. The summed E-state index contributed by atoms with van der Waals surface area (Å²) in [5, 5.41) is 3.05. The number of ether oxygens (including phenoxy) is 2. The predicted molar refractivity (Wildman–Crippen MR) is 160 cm³/mol. The molecule has 0 bridgehead atoms. The Morgan fingerprint density at radius 3 is 1.98 bits per heavy atom. The minimum atomic E-state index is -1.23. The van der Waals surface area contributed by atoms with Gasteiger partial charge in [0.15, 0.2) is 0 Å². The number of rotatable bonds is 10. The van der Waals surface area contributed by atoms with Gasteiger partial charge < -0.3 is 19.6 Å². The third-order valence-electron chi connectivity index (χ3n) is 7.72. The van der Waals surface area contributed by atoms with Crippen molar-refractivity contribution in [2.75, 3.05) is 6.61 Å². The number of imide groups is 1. The molecule has 4 aromatic carbocycles. The van der Waals surface area contributed by atoms with Crippen LogP contribution in [0.1, 0.15) is 41.0 Å². The van der Waals surface area contributed by atoms with Gasteiger partial charge in [-0.05, 0) is 45.5 Å². The molecule has 0 radical (unpaired) electrons. The highest BCUT2D eigenvalue weighted by atomic mass is 16.7. The minimum Gasteiger partial charge on any atom is -0.489 e. The van der Waals surface area contributed by atoms with E-state index in [9.17, 15) is 19.2 Å². The summed E-state index contributed by atoms with van der Waals surface area (Å²) in [4.78, 5) is 55.5. The van der Waals surface area contributed by atoms with Crippen molar-refractivity contribution in [1.82, 2.24) is 10.4 Å². The molecule has 1 aliphatic carbocycles. The van der Waals surface area contributed by atoms with E-state index in [1.54, 1.807) is 24.3 Å².